The van der Waals surface area contributed by atoms with E-state index in [0.29, 0.717) is 5.82 Å². The molecule has 0 saturated carbocycles. The number of pyridine rings is 3. The van der Waals surface area contributed by atoms with Gasteiger partial charge in [-0.2, -0.15) is 0 Å². The van der Waals surface area contributed by atoms with Gasteiger partial charge in [0.05, 0.1) is 45.2 Å². The van der Waals surface area contributed by atoms with Crippen LogP contribution in [0, 0.1) is 0 Å². The van der Waals surface area contributed by atoms with Gasteiger partial charge in [-0.05, 0) is 87.3 Å². The largest absolute Gasteiger partial charge is 0.246 e. The van der Waals surface area contributed by atoms with Crippen LogP contribution in [0.2, 0.25) is 0 Å². The number of rotatable bonds is 6. The highest BCUT2D eigenvalue weighted by Crippen LogP contribution is 2.34. The normalized spacial score (nSPS) is 11.4. The molecule has 0 aliphatic rings. The van der Waals surface area contributed by atoms with Crippen LogP contribution in [-0.4, -0.2) is 24.9 Å². The maximum Gasteiger partial charge on any atom is 0.160 e. The summed E-state index contributed by atoms with van der Waals surface area (Å²) in [4.78, 5) is 26.0. The first-order valence-electron chi connectivity index (χ1n) is 19.4. The topological polar surface area (TPSA) is 64.5 Å². The van der Waals surface area contributed by atoms with Crippen molar-refractivity contribution in [2.24, 2.45) is 0 Å². The lowest BCUT2D eigenvalue weighted by Gasteiger charge is -2.13. The van der Waals surface area contributed by atoms with Gasteiger partial charge in [0, 0.05) is 27.5 Å². The second-order valence-corrected chi connectivity index (χ2v) is 14.6. The molecule has 11 aromatic rings. The van der Waals surface area contributed by atoms with Crippen molar-refractivity contribution in [3.8, 4) is 67.8 Å². The summed E-state index contributed by atoms with van der Waals surface area (Å²) in [7, 11) is 0. The molecule has 58 heavy (non-hydrogen) atoms. The van der Waals surface area contributed by atoms with E-state index in [1.165, 1.54) is 16.3 Å². The molecule has 0 amide bonds. The first-order chi connectivity index (χ1) is 28.7. The molecular weight excluding hydrogens is 707 g/mol. The number of fused-ring (bicyclic) bond motifs is 4. The van der Waals surface area contributed by atoms with Gasteiger partial charge in [-0.15, -0.1) is 0 Å². The van der Waals surface area contributed by atoms with Crippen LogP contribution in [0.25, 0.3) is 111 Å². The van der Waals surface area contributed by atoms with E-state index in [1.807, 2.05) is 24.3 Å². The van der Waals surface area contributed by atoms with Crippen LogP contribution in [0.5, 0.6) is 0 Å². The zero-order valence-electron chi connectivity index (χ0n) is 31.3. The number of hydrogen-bond acceptors (Lipinski definition) is 5. The van der Waals surface area contributed by atoms with Gasteiger partial charge in [-0.1, -0.05) is 146 Å². The third kappa shape index (κ3) is 6.31. The van der Waals surface area contributed by atoms with Gasteiger partial charge in [0.2, 0.25) is 0 Å². The van der Waals surface area contributed by atoms with Crippen molar-refractivity contribution >= 4 is 43.4 Å². The van der Waals surface area contributed by atoms with E-state index in [4.69, 9.17) is 24.9 Å². The summed E-state index contributed by atoms with van der Waals surface area (Å²) in [6.45, 7) is 0. The fraction of sp³-hybridized carbons (Fsp3) is 0. The maximum atomic E-state index is 5.27. The molecule has 0 saturated heterocycles. The minimum atomic E-state index is 0.645. The highest BCUT2D eigenvalue weighted by molar-refractivity contribution is 5.98. The van der Waals surface area contributed by atoms with Crippen molar-refractivity contribution in [2.45, 2.75) is 0 Å². The molecule has 7 aromatic carbocycles. The predicted molar refractivity (Wildman–Crippen MR) is 238 cm³/mol. The summed E-state index contributed by atoms with van der Waals surface area (Å²) in [5.41, 5.74) is 11.6. The molecular formula is C53H33N5. The molecule has 0 fully saturated rings. The van der Waals surface area contributed by atoms with Crippen LogP contribution in [0.4, 0.5) is 0 Å². The first-order valence-corrected chi connectivity index (χ1v) is 19.4. The Hall–Kier alpha value is -7.89. The highest BCUT2D eigenvalue weighted by atomic mass is 14.9. The maximum absolute atomic E-state index is 5.27. The second-order valence-electron chi connectivity index (χ2n) is 14.6. The lowest BCUT2D eigenvalue weighted by molar-refractivity contribution is 1.18. The second kappa shape index (κ2) is 14.0. The number of aromatic nitrogens is 5. The Morgan fingerprint density at radius 3 is 1.17 bits per heavy atom. The average molecular weight is 740 g/mol. The summed E-state index contributed by atoms with van der Waals surface area (Å²) >= 11 is 0. The molecule has 4 heterocycles. The van der Waals surface area contributed by atoms with Crippen molar-refractivity contribution < 1.29 is 0 Å². The van der Waals surface area contributed by atoms with Crippen molar-refractivity contribution in [2.75, 3.05) is 0 Å². The van der Waals surface area contributed by atoms with Crippen molar-refractivity contribution in [1.82, 2.24) is 24.9 Å². The predicted octanol–water partition coefficient (Wildman–Crippen LogP) is 13.3. The van der Waals surface area contributed by atoms with Crippen LogP contribution in [0.1, 0.15) is 0 Å². The third-order valence-corrected chi connectivity index (χ3v) is 10.8. The van der Waals surface area contributed by atoms with Gasteiger partial charge < -0.3 is 0 Å². The highest BCUT2D eigenvalue weighted by Gasteiger charge is 2.16. The summed E-state index contributed by atoms with van der Waals surface area (Å²) in [6, 6.07) is 69.3. The Bertz CT molecular complexity index is 3190. The van der Waals surface area contributed by atoms with E-state index in [-0.39, 0.29) is 0 Å². The van der Waals surface area contributed by atoms with E-state index >= 15 is 0 Å². The zero-order valence-corrected chi connectivity index (χ0v) is 31.3. The van der Waals surface area contributed by atoms with E-state index in [1.54, 1.807) is 0 Å². The van der Waals surface area contributed by atoms with Gasteiger partial charge in [0.15, 0.2) is 5.82 Å². The molecule has 0 N–H and O–H groups in total. The molecule has 0 spiro atoms. The molecule has 0 unspecified atom stereocenters. The van der Waals surface area contributed by atoms with Crippen LogP contribution in [0.3, 0.4) is 0 Å². The molecule has 0 aliphatic heterocycles. The lowest BCUT2D eigenvalue weighted by Crippen LogP contribution is -1.99. The van der Waals surface area contributed by atoms with Crippen molar-refractivity contribution in [3.05, 3.63) is 200 Å². The lowest BCUT2D eigenvalue weighted by atomic mass is 10.0. The third-order valence-electron chi connectivity index (χ3n) is 10.8. The van der Waals surface area contributed by atoms with E-state index < -0.39 is 0 Å². The molecule has 0 bridgehead atoms. The minimum Gasteiger partial charge on any atom is -0.246 e. The Morgan fingerprint density at radius 2 is 0.638 bits per heavy atom. The van der Waals surface area contributed by atoms with Crippen LogP contribution < -0.4 is 0 Å². The molecule has 270 valence electrons. The average Bonchev–Trinajstić information content (AvgIpc) is 3.30. The molecule has 0 atom stereocenters. The molecule has 11 rings (SSSR count). The van der Waals surface area contributed by atoms with E-state index in [0.717, 1.165) is 89.0 Å². The SMILES string of the molecule is c1ccc(-c2ccc(-c3cc(-c4cc(-c5ccc6cc7ccccc7cc6n5)nc(-c5ccc6cc7ccccc7cc6n5)c4)nc(-c4ccccc4)n3)cc2)cc1. The van der Waals surface area contributed by atoms with Crippen LogP contribution >= 0.6 is 0 Å². The zero-order chi connectivity index (χ0) is 38.4. The van der Waals surface area contributed by atoms with E-state index in [9.17, 15) is 0 Å². The smallest absolute Gasteiger partial charge is 0.160 e. The monoisotopic (exact) mass is 739 g/mol. The van der Waals surface area contributed by atoms with E-state index in [2.05, 4.69) is 176 Å². The fourth-order valence-electron chi connectivity index (χ4n) is 7.77. The number of nitrogens with zero attached hydrogens (tertiary/aromatic N) is 5. The molecule has 4 aromatic heterocycles. The molecule has 5 heteroatoms. The van der Waals surface area contributed by atoms with Gasteiger partial charge >= 0.3 is 0 Å². The standard InChI is InChI=1S/C53H33N5/c1-3-11-34(12-4-1)35-19-21-36(22-20-35)49-33-50(58-53(57-49)37-13-5-2-6-14-37)44-31-51(45-25-23-42-27-38-15-7-9-17-40(38)29-47(42)54-45)56-52(32-44)46-26-24-43-28-39-16-8-10-18-41(39)30-48(43)55-46/h1-33H. The van der Waals surface area contributed by atoms with Crippen molar-refractivity contribution in [3.63, 3.8) is 0 Å². The van der Waals surface area contributed by atoms with Gasteiger partial charge in [-0.3, -0.25) is 0 Å². The Labute approximate surface area is 335 Å². The molecule has 0 aliphatic carbocycles. The van der Waals surface area contributed by atoms with Crippen molar-refractivity contribution in [1.29, 1.82) is 0 Å². The Balaban J connectivity index is 1.10. The fourth-order valence-corrected chi connectivity index (χ4v) is 7.77. The summed E-state index contributed by atoms with van der Waals surface area (Å²) in [6.07, 6.45) is 0. The Morgan fingerprint density at radius 1 is 0.207 bits per heavy atom. The molecule has 0 radical (unpaired) electrons. The summed E-state index contributed by atoms with van der Waals surface area (Å²) in [5, 5.41) is 6.82. The van der Waals surface area contributed by atoms with Crippen LogP contribution in [0.15, 0.2) is 200 Å². The Kier molecular flexibility index (Phi) is 8.07. The van der Waals surface area contributed by atoms with Gasteiger partial charge in [-0.25, -0.2) is 24.9 Å². The molecule has 5 nitrogen and oxygen atoms in total. The summed E-state index contributed by atoms with van der Waals surface area (Å²) in [5.74, 6) is 0.645. The minimum absolute atomic E-state index is 0.645. The van der Waals surface area contributed by atoms with Gasteiger partial charge in [0.1, 0.15) is 0 Å². The number of benzene rings is 7. The van der Waals surface area contributed by atoms with Crippen LogP contribution in [-0.2, 0) is 0 Å². The van der Waals surface area contributed by atoms with Gasteiger partial charge in [0.25, 0.3) is 0 Å². The summed E-state index contributed by atoms with van der Waals surface area (Å²) < 4.78 is 0. The first kappa shape index (κ1) is 33.4. The quantitative estimate of drug-likeness (QED) is 0.159. The number of hydrogen-bond donors (Lipinski definition) is 0.